The van der Waals surface area contributed by atoms with Gasteiger partial charge in [-0.25, -0.2) is 0 Å². The van der Waals surface area contributed by atoms with Gasteiger partial charge in [0.05, 0.1) is 25.4 Å². The minimum atomic E-state index is -1.61. The molecular formula is C75H145NO10. The first kappa shape index (κ1) is 82.4. The molecule has 0 aromatic heterocycles. The first-order valence-electron chi connectivity index (χ1n) is 38.0. The van der Waals surface area contributed by atoms with E-state index >= 15 is 0 Å². The SMILES string of the molecule is CCCCCCCCCCCC/C=C/C(O)C(COC1OC(CO)C(O)C(O)C1OC(=O)CCCCCCCCCCCCCCCCCCCCCCCCCCC)NC(=O)C(O)CCCCCCCCCCCCCCCCCCCCCC. The topological polar surface area (TPSA) is 175 Å². The fourth-order valence-corrected chi connectivity index (χ4v) is 12.5. The highest BCUT2D eigenvalue weighted by Gasteiger charge is 2.47. The summed E-state index contributed by atoms with van der Waals surface area (Å²) in [6.45, 7) is 5.87. The summed E-state index contributed by atoms with van der Waals surface area (Å²) in [7, 11) is 0. The van der Waals surface area contributed by atoms with Crippen LogP contribution in [0, 0.1) is 0 Å². The van der Waals surface area contributed by atoms with Gasteiger partial charge in [0.15, 0.2) is 12.4 Å². The summed E-state index contributed by atoms with van der Waals surface area (Å²) in [4.78, 5) is 26.7. The van der Waals surface area contributed by atoms with E-state index in [1.54, 1.807) is 6.08 Å². The van der Waals surface area contributed by atoms with Crippen molar-refractivity contribution in [2.75, 3.05) is 13.2 Å². The smallest absolute Gasteiger partial charge is 0.306 e. The van der Waals surface area contributed by atoms with Gasteiger partial charge in [0, 0.05) is 6.42 Å². The Morgan fingerprint density at radius 3 is 1.09 bits per heavy atom. The van der Waals surface area contributed by atoms with Gasteiger partial charge in [0.1, 0.15) is 24.4 Å². The average Bonchev–Trinajstić information content (AvgIpc) is 2.83. The van der Waals surface area contributed by atoms with Crippen LogP contribution in [-0.4, -0.2) is 99.6 Å². The number of carbonyl (C=O) groups excluding carboxylic acids is 2. The molecule has 510 valence electrons. The Labute approximate surface area is 531 Å². The van der Waals surface area contributed by atoms with E-state index in [0.29, 0.717) is 19.3 Å². The highest BCUT2D eigenvalue weighted by atomic mass is 16.7. The lowest BCUT2D eigenvalue weighted by atomic mass is 9.99. The van der Waals surface area contributed by atoms with Crippen LogP contribution < -0.4 is 5.32 Å². The number of hydrogen-bond donors (Lipinski definition) is 6. The summed E-state index contributed by atoms with van der Waals surface area (Å²) in [6.07, 6.45) is 65.5. The zero-order valence-electron chi connectivity index (χ0n) is 57.0. The molecule has 0 aromatic rings. The van der Waals surface area contributed by atoms with Gasteiger partial charge in [-0.2, -0.15) is 0 Å². The molecule has 0 saturated carbocycles. The molecule has 1 rings (SSSR count). The number of unbranched alkanes of at least 4 members (excludes halogenated alkanes) is 53. The van der Waals surface area contributed by atoms with Gasteiger partial charge in [-0.3, -0.25) is 9.59 Å². The van der Waals surface area contributed by atoms with Gasteiger partial charge in [0.2, 0.25) is 5.91 Å². The molecule has 0 aromatic carbocycles. The van der Waals surface area contributed by atoms with Gasteiger partial charge < -0.3 is 45.1 Å². The zero-order valence-corrected chi connectivity index (χ0v) is 57.0. The molecule has 0 spiro atoms. The summed E-state index contributed by atoms with van der Waals surface area (Å²) < 4.78 is 17.7. The predicted octanol–water partition coefficient (Wildman–Crippen LogP) is 19.8. The fraction of sp³-hybridized carbons (Fsp3) is 0.947. The van der Waals surface area contributed by atoms with Crippen LogP contribution in [-0.2, 0) is 23.8 Å². The van der Waals surface area contributed by atoms with Crippen molar-refractivity contribution < 1.29 is 49.3 Å². The van der Waals surface area contributed by atoms with E-state index in [9.17, 15) is 35.1 Å². The number of hydrogen-bond acceptors (Lipinski definition) is 10. The van der Waals surface area contributed by atoms with Crippen LogP contribution in [0.3, 0.4) is 0 Å². The number of amides is 1. The number of esters is 1. The first-order valence-corrected chi connectivity index (χ1v) is 38.0. The average molecular weight is 1220 g/mol. The lowest BCUT2D eigenvalue weighted by Gasteiger charge is -2.41. The predicted molar refractivity (Wildman–Crippen MR) is 361 cm³/mol. The number of rotatable bonds is 67. The summed E-state index contributed by atoms with van der Waals surface area (Å²) >= 11 is 0. The molecule has 1 saturated heterocycles. The summed E-state index contributed by atoms with van der Waals surface area (Å²) in [5, 5.41) is 57.3. The number of carbonyl (C=O) groups is 2. The van der Waals surface area contributed by atoms with Crippen molar-refractivity contribution >= 4 is 11.9 Å². The van der Waals surface area contributed by atoms with Crippen LogP contribution in [0.5, 0.6) is 0 Å². The molecule has 0 radical (unpaired) electrons. The van der Waals surface area contributed by atoms with Gasteiger partial charge in [-0.1, -0.05) is 373 Å². The third kappa shape index (κ3) is 50.1. The molecule has 1 amide bonds. The van der Waals surface area contributed by atoms with E-state index in [2.05, 4.69) is 26.1 Å². The Bertz CT molecular complexity index is 1450. The molecule has 1 aliphatic rings. The third-order valence-electron chi connectivity index (χ3n) is 18.4. The van der Waals surface area contributed by atoms with Crippen LogP contribution in [0.4, 0.5) is 0 Å². The van der Waals surface area contributed by atoms with Gasteiger partial charge in [-0.05, 0) is 25.7 Å². The van der Waals surface area contributed by atoms with Crippen molar-refractivity contribution in [1.82, 2.24) is 5.32 Å². The molecule has 11 heteroatoms. The maximum atomic E-state index is 13.5. The van der Waals surface area contributed by atoms with Gasteiger partial charge >= 0.3 is 5.97 Å². The molecule has 8 unspecified atom stereocenters. The number of aliphatic hydroxyl groups excluding tert-OH is 5. The second kappa shape index (κ2) is 63.5. The Kier molecular flexibility index (Phi) is 60.9. The van der Waals surface area contributed by atoms with E-state index < -0.39 is 67.4 Å². The van der Waals surface area contributed by atoms with Crippen LogP contribution >= 0.6 is 0 Å². The van der Waals surface area contributed by atoms with Gasteiger partial charge in [-0.15, -0.1) is 0 Å². The Balaban J connectivity index is 2.51. The molecule has 0 bridgehead atoms. The summed E-state index contributed by atoms with van der Waals surface area (Å²) in [5.41, 5.74) is 0. The molecule has 0 aliphatic carbocycles. The minimum Gasteiger partial charge on any atom is -0.454 e. The standard InChI is InChI=1S/C75H145NO10/c1-4-7-10-13-16-19-22-25-27-29-31-33-34-35-36-37-39-41-43-45-48-51-54-57-60-63-70(80)86-73-72(82)71(81)69(64-77)85-75(73)84-65-66(67(78)61-58-55-52-49-46-24-21-18-15-12-9-6-3)76-74(83)68(79)62-59-56-53-50-47-44-42-40-38-32-30-28-26-23-20-17-14-11-8-5-2/h58,61,66-69,71-73,75,77-79,81-82H,4-57,59-60,62-65H2,1-3H3,(H,76,83)/b61-58+. The zero-order chi connectivity index (χ0) is 62.4. The molecule has 86 heavy (non-hydrogen) atoms. The van der Waals surface area contributed by atoms with Crippen LogP contribution in [0.1, 0.15) is 393 Å². The van der Waals surface area contributed by atoms with Crippen molar-refractivity contribution in [3.63, 3.8) is 0 Å². The Morgan fingerprint density at radius 1 is 0.442 bits per heavy atom. The molecule has 6 N–H and O–H groups in total. The molecule has 1 aliphatic heterocycles. The van der Waals surface area contributed by atoms with E-state index in [4.69, 9.17) is 14.2 Å². The monoisotopic (exact) mass is 1220 g/mol. The van der Waals surface area contributed by atoms with Crippen molar-refractivity contribution in [2.45, 2.75) is 442 Å². The van der Waals surface area contributed by atoms with Gasteiger partial charge in [0.25, 0.3) is 0 Å². The van der Waals surface area contributed by atoms with Crippen LogP contribution in [0.2, 0.25) is 0 Å². The number of aliphatic hydroxyl groups is 5. The number of nitrogens with one attached hydrogen (secondary N) is 1. The largest absolute Gasteiger partial charge is 0.454 e. The highest BCUT2D eigenvalue weighted by Crippen LogP contribution is 2.27. The normalized spacial score (nSPS) is 18.3. The van der Waals surface area contributed by atoms with E-state index in [0.717, 1.165) is 57.8 Å². The first-order chi connectivity index (χ1) is 42.2. The molecule has 1 heterocycles. The van der Waals surface area contributed by atoms with E-state index in [-0.39, 0.29) is 13.0 Å². The molecular weight excluding hydrogens is 1070 g/mol. The molecule has 1 fully saturated rings. The maximum absolute atomic E-state index is 13.5. The lowest BCUT2D eigenvalue weighted by Crippen LogP contribution is -2.61. The summed E-state index contributed by atoms with van der Waals surface area (Å²) in [5.74, 6) is -1.17. The maximum Gasteiger partial charge on any atom is 0.306 e. The van der Waals surface area contributed by atoms with Crippen molar-refractivity contribution in [1.29, 1.82) is 0 Å². The van der Waals surface area contributed by atoms with Crippen molar-refractivity contribution in [3.05, 3.63) is 12.2 Å². The molecule has 8 atom stereocenters. The fourth-order valence-electron chi connectivity index (χ4n) is 12.5. The lowest BCUT2D eigenvalue weighted by molar-refractivity contribution is -0.305. The van der Waals surface area contributed by atoms with Crippen molar-refractivity contribution in [2.24, 2.45) is 0 Å². The minimum absolute atomic E-state index is 0.132. The van der Waals surface area contributed by atoms with Crippen LogP contribution in [0.15, 0.2) is 12.2 Å². The second-order valence-corrected chi connectivity index (χ2v) is 26.8. The number of ether oxygens (including phenoxy) is 3. The van der Waals surface area contributed by atoms with Crippen LogP contribution in [0.25, 0.3) is 0 Å². The number of allylic oxidation sites excluding steroid dienone is 1. The highest BCUT2D eigenvalue weighted by molar-refractivity contribution is 5.80. The van der Waals surface area contributed by atoms with E-state index in [1.807, 2.05) is 6.08 Å². The Morgan fingerprint density at radius 2 is 0.756 bits per heavy atom. The second-order valence-electron chi connectivity index (χ2n) is 26.8. The summed E-state index contributed by atoms with van der Waals surface area (Å²) in [6, 6.07) is -1.02. The van der Waals surface area contributed by atoms with Crippen molar-refractivity contribution in [3.8, 4) is 0 Å². The quantitative estimate of drug-likeness (QED) is 0.0195. The Hall–Kier alpha value is -1.60. The van der Waals surface area contributed by atoms with E-state index in [1.165, 1.54) is 289 Å². The third-order valence-corrected chi connectivity index (χ3v) is 18.4. The molecule has 11 nitrogen and oxygen atoms in total.